The third kappa shape index (κ3) is 1.92. The van der Waals surface area contributed by atoms with Crippen molar-refractivity contribution in [2.24, 2.45) is 7.05 Å². The van der Waals surface area contributed by atoms with Crippen molar-refractivity contribution in [1.29, 1.82) is 0 Å². The first-order valence-corrected chi connectivity index (χ1v) is 4.83. The molecule has 0 saturated heterocycles. The Balaban J connectivity index is 2.49. The van der Waals surface area contributed by atoms with Gasteiger partial charge in [-0.05, 0) is 12.1 Å². The van der Waals surface area contributed by atoms with Gasteiger partial charge >= 0.3 is 0 Å². The maximum absolute atomic E-state index is 10.5. The first kappa shape index (κ1) is 9.93. The van der Waals surface area contributed by atoms with Gasteiger partial charge in [0.25, 0.3) is 0 Å². The van der Waals surface area contributed by atoms with Crippen LogP contribution in [0.3, 0.4) is 0 Å². The summed E-state index contributed by atoms with van der Waals surface area (Å²) in [6, 6.07) is 7.04. The van der Waals surface area contributed by atoms with Crippen molar-refractivity contribution in [3.63, 3.8) is 0 Å². The minimum atomic E-state index is 0.540. The van der Waals surface area contributed by atoms with Crippen LogP contribution in [0.2, 0.25) is 5.02 Å². The van der Waals surface area contributed by atoms with Crippen LogP contribution in [0.1, 0.15) is 10.4 Å². The summed E-state index contributed by atoms with van der Waals surface area (Å²) in [5.41, 5.74) is 2.21. The zero-order chi connectivity index (χ0) is 10.8. The molecule has 76 valence electrons. The molecule has 1 aromatic heterocycles. The standard InChI is InChI=1S/C11H9ClN2O/c1-14-5-4-11(13-14)9-3-2-8(7-15)6-10(9)12/h2-7H,1H3. The minimum absolute atomic E-state index is 0.540. The number of nitrogens with zero attached hydrogens (tertiary/aromatic N) is 2. The van der Waals surface area contributed by atoms with E-state index in [9.17, 15) is 4.79 Å². The van der Waals surface area contributed by atoms with Gasteiger partial charge in [0.2, 0.25) is 0 Å². The maximum Gasteiger partial charge on any atom is 0.150 e. The summed E-state index contributed by atoms with van der Waals surface area (Å²) in [4.78, 5) is 10.5. The van der Waals surface area contributed by atoms with E-state index in [0.717, 1.165) is 17.5 Å². The Kier molecular flexibility index (Phi) is 2.56. The Bertz CT molecular complexity index is 505. The number of carbonyl (C=O) groups excluding carboxylic acids is 1. The molecule has 0 aliphatic heterocycles. The molecule has 0 amide bonds. The Labute approximate surface area is 92.3 Å². The molecule has 2 rings (SSSR count). The van der Waals surface area contributed by atoms with Crippen LogP contribution in [0.25, 0.3) is 11.3 Å². The largest absolute Gasteiger partial charge is 0.298 e. The van der Waals surface area contributed by atoms with Gasteiger partial charge in [-0.2, -0.15) is 5.10 Å². The summed E-state index contributed by atoms with van der Waals surface area (Å²) in [6.07, 6.45) is 2.62. The summed E-state index contributed by atoms with van der Waals surface area (Å²) in [7, 11) is 1.84. The molecule has 0 saturated carbocycles. The van der Waals surface area contributed by atoms with E-state index in [2.05, 4.69) is 5.10 Å². The lowest BCUT2D eigenvalue weighted by atomic mass is 10.1. The first-order chi connectivity index (χ1) is 7.20. The lowest BCUT2D eigenvalue weighted by Gasteiger charge is -2.00. The summed E-state index contributed by atoms with van der Waals surface area (Å²) in [6.45, 7) is 0. The molecule has 0 atom stereocenters. The minimum Gasteiger partial charge on any atom is -0.298 e. The van der Waals surface area contributed by atoms with E-state index in [1.165, 1.54) is 0 Å². The van der Waals surface area contributed by atoms with Crippen LogP contribution in [-0.4, -0.2) is 16.1 Å². The van der Waals surface area contributed by atoms with Crippen molar-refractivity contribution in [3.8, 4) is 11.3 Å². The Morgan fingerprint density at radius 2 is 2.20 bits per heavy atom. The van der Waals surface area contributed by atoms with Gasteiger partial charge < -0.3 is 0 Å². The van der Waals surface area contributed by atoms with E-state index in [1.807, 2.05) is 19.3 Å². The van der Waals surface area contributed by atoms with Gasteiger partial charge in [0.05, 0.1) is 10.7 Å². The zero-order valence-electron chi connectivity index (χ0n) is 8.14. The molecular weight excluding hydrogens is 212 g/mol. The molecule has 1 aromatic carbocycles. The first-order valence-electron chi connectivity index (χ1n) is 4.45. The number of rotatable bonds is 2. The number of hydrogen-bond donors (Lipinski definition) is 0. The molecule has 3 nitrogen and oxygen atoms in total. The average Bonchev–Trinajstić information content (AvgIpc) is 2.64. The third-order valence-electron chi connectivity index (χ3n) is 2.12. The lowest BCUT2D eigenvalue weighted by molar-refractivity contribution is 0.112. The molecule has 15 heavy (non-hydrogen) atoms. The van der Waals surface area contributed by atoms with Crippen LogP contribution in [0.5, 0.6) is 0 Å². The molecule has 0 fully saturated rings. The fraction of sp³-hybridized carbons (Fsp3) is 0.0909. The molecule has 0 N–H and O–H groups in total. The van der Waals surface area contributed by atoms with Crippen LogP contribution < -0.4 is 0 Å². The second kappa shape index (κ2) is 3.87. The normalized spacial score (nSPS) is 10.3. The zero-order valence-corrected chi connectivity index (χ0v) is 8.90. The Hall–Kier alpha value is -1.61. The van der Waals surface area contributed by atoms with E-state index >= 15 is 0 Å². The van der Waals surface area contributed by atoms with Gasteiger partial charge in [-0.3, -0.25) is 9.48 Å². The predicted molar refractivity (Wildman–Crippen MR) is 59.0 cm³/mol. The van der Waals surface area contributed by atoms with Gasteiger partial charge in [-0.1, -0.05) is 23.7 Å². The van der Waals surface area contributed by atoms with Crippen LogP contribution >= 0.6 is 11.6 Å². The van der Waals surface area contributed by atoms with Crippen LogP contribution in [0.15, 0.2) is 30.5 Å². The molecule has 0 radical (unpaired) electrons. The molecule has 0 unspecified atom stereocenters. The van der Waals surface area contributed by atoms with Crippen molar-refractivity contribution < 1.29 is 4.79 Å². The maximum atomic E-state index is 10.5. The van der Waals surface area contributed by atoms with Crippen LogP contribution in [0, 0.1) is 0 Å². The quantitative estimate of drug-likeness (QED) is 0.729. The van der Waals surface area contributed by atoms with Crippen molar-refractivity contribution >= 4 is 17.9 Å². The summed E-state index contributed by atoms with van der Waals surface area (Å²) in [5, 5.41) is 4.78. The molecule has 2 aromatic rings. The molecule has 0 bridgehead atoms. The fourth-order valence-corrected chi connectivity index (χ4v) is 1.66. The Morgan fingerprint density at radius 1 is 1.40 bits per heavy atom. The molecule has 0 aliphatic rings. The smallest absolute Gasteiger partial charge is 0.150 e. The third-order valence-corrected chi connectivity index (χ3v) is 2.43. The van der Waals surface area contributed by atoms with E-state index in [0.29, 0.717) is 10.6 Å². The average molecular weight is 221 g/mol. The summed E-state index contributed by atoms with van der Waals surface area (Å²) in [5.74, 6) is 0. The van der Waals surface area contributed by atoms with Gasteiger partial charge in [0.15, 0.2) is 0 Å². The number of hydrogen-bond acceptors (Lipinski definition) is 2. The number of aldehydes is 1. The molecule has 1 heterocycles. The van der Waals surface area contributed by atoms with E-state index < -0.39 is 0 Å². The summed E-state index contributed by atoms with van der Waals surface area (Å²) < 4.78 is 1.71. The molecular formula is C11H9ClN2O. The number of aromatic nitrogens is 2. The van der Waals surface area contributed by atoms with Crippen molar-refractivity contribution in [2.75, 3.05) is 0 Å². The molecule has 4 heteroatoms. The monoisotopic (exact) mass is 220 g/mol. The van der Waals surface area contributed by atoms with Gasteiger partial charge in [0, 0.05) is 24.4 Å². The second-order valence-corrected chi connectivity index (χ2v) is 3.64. The van der Waals surface area contributed by atoms with Crippen LogP contribution in [-0.2, 0) is 7.05 Å². The highest BCUT2D eigenvalue weighted by Crippen LogP contribution is 2.26. The van der Waals surface area contributed by atoms with Crippen LogP contribution in [0.4, 0.5) is 0 Å². The number of benzene rings is 1. The number of aryl methyl sites for hydroxylation is 1. The predicted octanol–water partition coefficient (Wildman–Crippen LogP) is 2.55. The molecule has 0 aliphatic carbocycles. The van der Waals surface area contributed by atoms with E-state index in [-0.39, 0.29) is 0 Å². The SMILES string of the molecule is Cn1ccc(-c2ccc(C=O)cc2Cl)n1. The highest BCUT2D eigenvalue weighted by Gasteiger charge is 2.06. The van der Waals surface area contributed by atoms with Gasteiger partial charge in [-0.25, -0.2) is 0 Å². The van der Waals surface area contributed by atoms with Crippen molar-refractivity contribution in [3.05, 3.63) is 41.0 Å². The fourth-order valence-electron chi connectivity index (χ4n) is 1.37. The lowest BCUT2D eigenvalue weighted by Crippen LogP contribution is -1.89. The number of halogens is 1. The molecule has 0 spiro atoms. The van der Waals surface area contributed by atoms with Crippen molar-refractivity contribution in [2.45, 2.75) is 0 Å². The highest BCUT2D eigenvalue weighted by molar-refractivity contribution is 6.33. The van der Waals surface area contributed by atoms with E-state index in [4.69, 9.17) is 11.6 Å². The van der Waals surface area contributed by atoms with Gasteiger partial charge in [-0.15, -0.1) is 0 Å². The van der Waals surface area contributed by atoms with E-state index in [1.54, 1.807) is 22.9 Å². The topological polar surface area (TPSA) is 34.9 Å². The highest BCUT2D eigenvalue weighted by atomic mass is 35.5. The summed E-state index contributed by atoms with van der Waals surface area (Å²) >= 11 is 6.04. The van der Waals surface area contributed by atoms with Gasteiger partial charge in [0.1, 0.15) is 6.29 Å². The Morgan fingerprint density at radius 3 is 2.73 bits per heavy atom. The van der Waals surface area contributed by atoms with Crippen molar-refractivity contribution in [1.82, 2.24) is 9.78 Å². The number of carbonyl (C=O) groups is 1. The second-order valence-electron chi connectivity index (χ2n) is 3.23.